The van der Waals surface area contributed by atoms with Crippen LogP contribution in [0, 0.1) is 23.7 Å². The summed E-state index contributed by atoms with van der Waals surface area (Å²) in [4.78, 5) is 15.0. The van der Waals surface area contributed by atoms with Crippen molar-refractivity contribution in [1.29, 1.82) is 0 Å². The number of allylic oxidation sites excluding steroid dienone is 1. The summed E-state index contributed by atoms with van der Waals surface area (Å²) >= 11 is 0. The molecule has 4 aliphatic heterocycles. The molecule has 216 valence electrons. The number of esters is 1. The molecule has 2 saturated heterocycles. The van der Waals surface area contributed by atoms with E-state index >= 15 is 0 Å². The third-order valence-corrected chi connectivity index (χ3v) is 10.2. The van der Waals surface area contributed by atoms with Crippen molar-refractivity contribution in [2.45, 2.75) is 96.2 Å². The van der Waals surface area contributed by atoms with Gasteiger partial charge in [-0.15, -0.1) is 0 Å². The highest BCUT2D eigenvalue weighted by atomic mass is 16.6. The molecule has 5 aliphatic rings. The Morgan fingerprint density at radius 1 is 1.07 bits per heavy atom. The average molecular weight is 548 g/mol. The molecule has 0 bridgehead atoms. The number of methoxy groups -OCH3 is 1. The summed E-state index contributed by atoms with van der Waals surface area (Å²) in [7, 11) is 1.58. The molecule has 0 radical (unpaired) electrons. The molecule has 1 aromatic carbocycles. The number of benzene rings is 1. The van der Waals surface area contributed by atoms with Gasteiger partial charge in [-0.2, -0.15) is 0 Å². The van der Waals surface area contributed by atoms with E-state index in [0.29, 0.717) is 34.7 Å². The molecule has 3 fully saturated rings. The summed E-state index contributed by atoms with van der Waals surface area (Å²) in [6, 6.07) is 11.2. The lowest BCUT2D eigenvalue weighted by Crippen LogP contribution is -2.57. The van der Waals surface area contributed by atoms with E-state index in [1.165, 1.54) is 37.7 Å². The van der Waals surface area contributed by atoms with Gasteiger partial charge in [0.05, 0.1) is 18.8 Å². The fourth-order valence-electron chi connectivity index (χ4n) is 8.29. The van der Waals surface area contributed by atoms with E-state index in [0.717, 1.165) is 44.4 Å². The lowest BCUT2D eigenvalue weighted by molar-refractivity contribution is -0.133. The number of hydrogen-bond donors (Lipinski definition) is 1. The Balaban J connectivity index is 1.31. The molecule has 1 aliphatic carbocycles. The van der Waals surface area contributed by atoms with Crippen molar-refractivity contribution in [2.75, 3.05) is 13.7 Å². The van der Waals surface area contributed by atoms with Gasteiger partial charge in [-0.05, 0) is 62.5 Å². The molecule has 0 amide bonds. The zero-order chi connectivity index (χ0) is 27.8. The second-order valence-electron chi connectivity index (χ2n) is 12.8. The normalized spacial score (nSPS) is 34.0. The van der Waals surface area contributed by atoms with Gasteiger partial charge in [-0.25, -0.2) is 4.79 Å². The maximum atomic E-state index is 12.4. The van der Waals surface area contributed by atoms with E-state index in [1.54, 1.807) is 14.0 Å². The number of carbonyl (C=O) groups is 1. The van der Waals surface area contributed by atoms with Gasteiger partial charge in [-0.1, -0.05) is 69.4 Å². The second kappa shape index (κ2) is 11.7. The zero-order valence-electron chi connectivity index (χ0n) is 24.3. The Hall–Kier alpha value is -2.57. The summed E-state index contributed by atoms with van der Waals surface area (Å²) in [6.07, 6.45) is 13.3. The van der Waals surface area contributed by atoms with Crippen LogP contribution in [0.3, 0.4) is 0 Å². The monoisotopic (exact) mass is 547 g/mol. The van der Waals surface area contributed by atoms with E-state index in [1.807, 2.05) is 0 Å². The number of rotatable bonds is 6. The van der Waals surface area contributed by atoms with Gasteiger partial charge in [0.1, 0.15) is 5.76 Å². The van der Waals surface area contributed by atoms with Gasteiger partial charge in [0.25, 0.3) is 0 Å². The molecule has 6 rings (SSSR count). The first-order chi connectivity index (χ1) is 19.4. The largest absolute Gasteiger partial charge is 0.492 e. The molecule has 6 atom stereocenters. The fraction of sp³-hybridized carbons (Fsp3) is 0.618. The van der Waals surface area contributed by atoms with E-state index in [9.17, 15) is 9.90 Å². The summed E-state index contributed by atoms with van der Waals surface area (Å²) in [5, 5.41) is 11.8. The van der Waals surface area contributed by atoms with Crippen molar-refractivity contribution in [3.8, 4) is 0 Å². The minimum absolute atomic E-state index is 0.0299. The number of hydrogen-bond acceptors (Lipinski definition) is 6. The van der Waals surface area contributed by atoms with Crippen LogP contribution in [-0.4, -0.2) is 47.8 Å². The Bertz CT molecular complexity index is 1180. The molecule has 0 aromatic heterocycles. The molecule has 1 N–H and O–H groups in total. The minimum atomic E-state index is -0.371. The lowest BCUT2D eigenvalue weighted by Gasteiger charge is -2.49. The van der Waals surface area contributed by atoms with Crippen LogP contribution in [-0.2, 0) is 25.4 Å². The highest BCUT2D eigenvalue weighted by Crippen LogP contribution is 2.50. The topological polar surface area (TPSA) is 68.2 Å². The maximum absolute atomic E-state index is 12.4. The molecule has 6 heteroatoms. The highest BCUT2D eigenvalue weighted by Gasteiger charge is 2.51. The Morgan fingerprint density at radius 2 is 1.85 bits per heavy atom. The predicted octanol–water partition coefficient (Wildman–Crippen LogP) is 6.27. The maximum Gasteiger partial charge on any atom is 0.343 e. The molecule has 40 heavy (non-hydrogen) atoms. The van der Waals surface area contributed by atoms with Crippen LogP contribution in [0.4, 0.5) is 0 Å². The van der Waals surface area contributed by atoms with Crippen molar-refractivity contribution in [2.24, 2.45) is 23.7 Å². The van der Waals surface area contributed by atoms with E-state index < -0.39 is 0 Å². The van der Waals surface area contributed by atoms with E-state index in [-0.39, 0.29) is 36.0 Å². The van der Waals surface area contributed by atoms with Crippen molar-refractivity contribution >= 4 is 5.97 Å². The van der Waals surface area contributed by atoms with Crippen molar-refractivity contribution in [3.63, 3.8) is 0 Å². The van der Waals surface area contributed by atoms with E-state index in [2.05, 4.69) is 48.2 Å². The number of ether oxygens (including phenoxy) is 3. The van der Waals surface area contributed by atoms with Gasteiger partial charge >= 0.3 is 5.97 Å². The van der Waals surface area contributed by atoms with Gasteiger partial charge in [-0.3, -0.25) is 4.90 Å². The first-order valence-electron chi connectivity index (χ1n) is 15.5. The summed E-state index contributed by atoms with van der Waals surface area (Å²) in [5.41, 5.74) is 1.85. The zero-order valence-corrected chi connectivity index (χ0v) is 24.3. The quantitative estimate of drug-likeness (QED) is 0.424. The number of aliphatic hydroxyl groups excluding tert-OH is 1. The van der Waals surface area contributed by atoms with Crippen LogP contribution in [0.1, 0.15) is 77.2 Å². The summed E-state index contributed by atoms with van der Waals surface area (Å²) in [5.74, 6) is 3.53. The smallest absolute Gasteiger partial charge is 0.343 e. The predicted molar refractivity (Wildman–Crippen MR) is 154 cm³/mol. The van der Waals surface area contributed by atoms with Gasteiger partial charge in [0.2, 0.25) is 5.76 Å². The molecular weight excluding hydrogens is 502 g/mol. The molecule has 6 nitrogen and oxygen atoms in total. The fourth-order valence-corrected chi connectivity index (χ4v) is 8.29. The van der Waals surface area contributed by atoms with Crippen LogP contribution in [0.2, 0.25) is 0 Å². The summed E-state index contributed by atoms with van der Waals surface area (Å²) in [6.45, 7) is 4.87. The molecule has 4 heterocycles. The average Bonchev–Trinajstić information content (AvgIpc) is 3.36. The van der Waals surface area contributed by atoms with Gasteiger partial charge in [0.15, 0.2) is 11.5 Å². The number of aliphatic hydroxyl groups is 1. The number of piperidine rings is 1. The third kappa shape index (κ3) is 5.25. The highest BCUT2D eigenvalue weighted by molar-refractivity contribution is 5.93. The molecule has 1 aromatic rings. The van der Waals surface area contributed by atoms with Crippen molar-refractivity contribution in [1.82, 2.24) is 4.90 Å². The molecule has 1 saturated carbocycles. The van der Waals surface area contributed by atoms with E-state index in [4.69, 9.17) is 14.2 Å². The molecule has 0 spiro atoms. The number of fused-ring (bicyclic) bond motifs is 3. The van der Waals surface area contributed by atoms with Crippen molar-refractivity contribution in [3.05, 3.63) is 70.6 Å². The number of nitrogens with zero attached hydrogens (tertiary/aromatic N) is 1. The van der Waals surface area contributed by atoms with Crippen molar-refractivity contribution < 1.29 is 24.1 Å². The standard InChI is InChI=1S/C34H45NO5/c1-21-30-27-19-25(17-23-11-6-4-7-12-23)18-26(28(36)20-24-13-8-5-9-14-24)35(27)16-10-15-29(30)39-32(21)33-31(38-3)22(2)34(37)40-33/h4,6-7,11-12,15,21,24-28,30,36H,5,8-10,13-14,16-20H2,1-3H3/t21-,25-,26+,27-,28+,30+/m1/s1. The number of carbonyl (C=O) groups excluding carboxylic acids is 1. The first-order valence-corrected chi connectivity index (χ1v) is 15.5. The minimum Gasteiger partial charge on any atom is -0.492 e. The van der Waals surface area contributed by atoms with Crippen LogP contribution in [0.5, 0.6) is 0 Å². The Labute approximate surface area is 239 Å². The van der Waals surface area contributed by atoms with Crippen LogP contribution in [0.15, 0.2) is 65.0 Å². The van der Waals surface area contributed by atoms with Gasteiger partial charge in [0, 0.05) is 30.5 Å². The van der Waals surface area contributed by atoms with Crippen LogP contribution >= 0.6 is 0 Å². The Kier molecular flexibility index (Phi) is 8.09. The SMILES string of the molecule is COC1=C(C)C(=O)OC1=C1OC2=CCCN3[C@H](C[C@H](Cc4ccccc4)C[C@H]3[C@@H](O)CC3CCCCC3)[C@@H]2[C@H]1C. The summed E-state index contributed by atoms with van der Waals surface area (Å²) < 4.78 is 17.8. The first kappa shape index (κ1) is 27.6. The van der Waals surface area contributed by atoms with Crippen LogP contribution < -0.4 is 0 Å². The number of cyclic esters (lactones) is 1. The third-order valence-electron chi connectivity index (χ3n) is 10.2. The second-order valence-corrected chi connectivity index (χ2v) is 12.8. The lowest BCUT2D eigenvalue weighted by atomic mass is 9.73. The molecule has 0 unspecified atom stereocenters. The molecular formula is C34H45NO5. The Morgan fingerprint density at radius 3 is 2.60 bits per heavy atom. The van der Waals surface area contributed by atoms with Gasteiger partial charge < -0.3 is 19.3 Å². The van der Waals surface area contributed by atoms with Crippen LogP contribution in [0.25, 0.3) is 0 Å².